The Hall–Kier alpha value is -1.68. The number of hydrogen-bond acceptors (Lipinski definition) is 4. The summed E-state index contributed by atoms with van der Waals surface area (Å²) in [5.41, 5.74) is 4.63. The summed E-state index contributed by atoms with van der Waals surface area (Å²) in [6, 6.07) is 6.40. The molecule has 1 unspecified atom stereocenters. The van der Waals surface area contributed by atoms with Crippen LogP contribution in [0.1, 0.15) is 41.0 Å². The number of carbonyl (C=O) groups is 1. The van der Waals surface area contributed by atoms with Gasteiger partial charge < -0.3 is 4.74 Å². The van der Waals surface area contributed by atoms with Gasteiger partial charge in [-0.15, -0.1) is 11.3 Å². The summed E-state index contributed by atoms with van der Waals surface area (Å²) in [4.78, 5) is 18.0. The molecule has 1 aromatic carbocycles. The molecule has 3 rings (SSSR count). The molecule has 3 nitrogen and oxygen atoms in total. The summed E-state index contributed by atoms with van der Waals surface area (Å²) in [5.74, 6) is -0.301. The maximum Gasteiger partial charge on any atom is 0.315 e. The van der Waals surface area contributed by atoms with Crippen LogP contribution in [0.15, 0.2) is 18.2 Å². The average molecular weight is 301 g/mol. The number of rotatable bonds is 3. The number of esters is 1. The van der Waals surface area contributed by atoms with Crippen LogP contribution in [0.25, 0.3) is 10.6 Å². The van der Waals surface area contributed by atoms with Gasteiger partial charge in [0.15, 0.2) is 0 Å². The molecule has 0 saturated heterocycles. The third kappa shape index (κ3) is 2.60. The molecule has 0 saturated carbocycles. The molecule has 4 heteroatoms. The van der Waals surface area contributed by atoms with Crippen LogP contribution in [0.2, 0.25) is 0 Å². The van der Waals surface area contributed by atoms with Crippen molar-refractivity contribution in [2.24, 2.45) is 0 Å². The van der Waals surface area contributed by atoms with E-state index in [0.717, 1.165) is 29.1 Å². The molecule has 1 heterocycles. The van der Waals surface area contributed by atoms with Crippen molar-refractivity contribution in [3.8, 4) is 10.6 Å². The molecule has 0 N–H and O–H groups in total. The lowest BCUT2D eigenvalue weighted by atomic mass is 10.1. The van der Waals surface area contributed by atoms with Gasteiger partial charge in [0.2, 0.25) is 0 Å². The summed E-state index contributed by atoms with van der Waals surface area (Å²) in [6.07, 6.45) is 1.77. The summed E-state index contributed by atoms with van der Waals surface area (Å²) in [6.45, 7) is 6.49. The minimum absolute atomic E-state index is 0.131. The highest BCUT2D eigenvalue weighted by Crippen LogP contribution is 2.40. The van der Waals surface area contributed by atoms with Gasteiger partial charge in [0, 0.05) is 10.4 Å². The predicted molar refractivity (Wildman–Crippen MR) is 84.7 cm³/mol. The first-order valence-electron chi connectivity index (χ1n) is 7.34. The highest BCUT2D eigenvalue weighted by molar-refractivity contribution is 7.15. The van der Waals surface area contributed by atoms with Crippen LogP contribution in [0, 0.1) is 13.8 Å². The fraction of sp³-hybridized carbons (Fsp3) is 0.412. The molecule has 0 amide bonds. The van der Waals surface area contributed by atoms with Gasteiger partial charge in [-0.3, -0.25) is 4.79 Å². The second kappa shape index (κ2) is 5.60. The van der Waals surface area contributed by atoms with Crippen molar-refractivity contribution < 1.29 is 9.53 Å². The van der Waals surface area contributed by atoms with Gasteiger partial charge in [0.25, 0.3) is 0 Å². The minimum Gasteiger partial charge on any atom is -0.465 e. The highest BCUT2D eigenvalue weighted by atomic mass is 32.1. The smallest absolute Gasteiger partial charge is 0.315 e. The number of thiazole rings is 1. The van der Waals surface area contributed by atoms with Crippen LogP contribution in [0.5, 0.6) is 0 Å². The lowest BCUT2D eigenvalue weighted by Crippen LogP contribution is -2.14. The highest BCUT2D eigenvalue weighted by Gasteiger charge is 2.33. The maximum atomic E-state index is 12.0. The summed E-state index contributed by atoms with van der Waals surface area (Å²) >= 11 is 1.71. The van der Waals surface area contributed by atoms with Gasteiger partial charge >= 0.3 is 5.97 Å². The van der Waals surface area contributed by atoms with Gasteiger partial charge in [0.05, 0.1) is 12.3 Å². The number of carbonyl (C=O) groups excluding carboxylic acids is 1. The molecule has 1 aliphatic carbocycles. The van der Waals surface area contributed by atoms with E-state index in [-0.39, 0.29) is 11.9 Å². The Labute approximate surface area is 129 Å². The van der Waals surface area contributed by atoms with Crippen LogP contribution < -0.4 is 0 Å². The van der Waals surface area contributed by atoms with Gasteiger partial charge in [-0.2, -0.15) is 0 Å². The zero-order valence-corrected chi connectivity index (χ0v) is 13.4. The first-order chi connectivity index (χ1) is 10.1. The van der Waals surface area contributed by atoms with E-state index in [2.05, 4.69) is 32.0 Å². The lowest BCUT2D eigenvalue weighted by Gasteiger charge is -2.08. The largest absolute Gasteiger partial charge is 0.465 e. The number of aromatic nitrogens is 1. The minimum atomic E-state index is -0.170. The normalized spacial score (nSPS) is 16.8. The predicted octanol–water partition coefficient (Wildman–Crippen LogP) is 4.02. The molecule has 0 fully saturated rings. The van der Waals surface area contributed by atoms with E-state index in [4.69, 9.17) is 9.72 Å². The van der Waals surface area contributed by atoms with E-state index < -0.39 is 0 Å². The SMILES string of the molecule is CCOC(=O)C1CCc2sc(-c3ccc(C)c(C)c3)nc21. The molecule has 0 aliphatic heterocycles. The zero-order valence-electron chi connectivity index (χ0n) is 12.6. The fourth-order valence-corrected chi connectivity index (χ4v) is 3.83. The number of benzene rings is 1. The molecule has 1 atom stereocenters. The first kappa shape index (κ1) is 14.3. The lowest BCUT2D eigenvalue weighted by molar-refractivity contribution is -0.145. The van der Waals surface area contributed by atoms with Crippen molar-refractivity contribution in [1.29, 1.82) is 0 Å². The molecular formula is C17H19NO2S. The van der Waals surface area contributed by atoms with E-state index in [9.17, 15) is 4.79 Å². The third-order valence-corrected chi connectivity index (χ3v) is 5.22. The number of fused-ring (bicyclic) bond motifs is 1. The maximum absolute atomic E-state index is 12.0. The van der Waals surface area contributed by atoms with Crippen LogP contribution in [0.3, 0.4) is 0 Å². The van der Waals surface area contributed by atoms with Crippen LogP contribution in [-0.2, 0) is 16.0 Å². The number of ether oxygens (including phenoxy) is 1. The van der Waals surface area contributed by atoms with Gasteiger partial charge in [-0.05, 0) is 50.8 Å². The van der Waals surface area contributed by atoms with Gasteiger partial charge in [-0.1, -0.05) is 12.1 Å². The zero-order chi connectivity index (χ0) is 15.0. The van der Waals surface area contributed by atoms with Crippen LogP contribution in [-0.4, -0.2) is 17.6 Å². The Morgan fingerprint density at radius 1 is 1.38 bits per heavy atom. The van der Waals surface area contributed by atoms with Crippen LogP contribution in [0.4, 0.5) is 0 Å². The quantitative estimate of drug-likeness (QED) is 0.804. The molecule has 0 radical (unpaired) electrons. The second-order valence-corrected chi connectivity index (χ2v) is 6.55. The van der Waals surface area contributed by atoms with E-state index in [1.807, 2.05) is 6.92 Å². The number of nitrogens with zero attached hydrogens (tertiary/aromatic N) is 1. The molecule has 2 aromatic rings. The van der Waals surface area contributed by atoms with Crippen molar-refractivity contribution in [2.75, 3.05) is 6.61 Å². The molecule has 21 heavy (non-hydrogen) atoms. The van der Waals surface area contributed by atoms with Crippen molar-refractivity contribution in [3.63, 3.8) is 0 Å². The Bertz CT molecular complexity index is 690. The van der Waals surface area contributed by atoms with E-state index >= 15 is 0 Å². The van der Waals surface area contributed by atoms with Crippen molar-refractivity contribution in [2.45, 2.75) is 39.5 Å². The standard InChI is InChI=1S/C17H19NO2S/c1-4-20-17(19)13-7-8-14-15(13)18-16(21-14)12-6-5-10(2)11(3)9-12/h5-6,9,13H,4,7-8H2,1-3H3. The Kier molecular flexibility index (Phi) is 3.81. The summed E-state index contributed by atoms with van der Waals surface area (Å²) in [7, 11) is 0. The Balaban J connectivity index is 1.92. The van der Waals surface area contributed by atoms with E-state index in [1.54, 1.807) is 11.3 Å². The third-order valence-electron chi connectivity index (χ3n) is 4.04. The van der Waals surface area contributed by atoms with E-state index in [1.165, 1.54) is 16.0 Å². The molecular weight excluding hydrogens is 282 g/mol. The van der Waals surface area contributed by atoms with Crippen molar-refractivity contribution in [1.82, 2.24) is 4.98 Å². The summed E-state index contributed by atoms with van der Waals surface area (Å²) in [5, 5.41) is 1.01. The monoisotopic (exact) mass is 301 g/mol. The number of aryl methyl sites for hydroxylation is 3. The Morgan fingerprint density at radius 2 is 2.19 bits per heavy atom. The van der Waals surface area contributed by atoms with Crippen molar-refractivity contribution >= 4 is 17.3 Å². The molecule has 0 spiro atoms. The second-order valence-electron chi connectivity index (χ2n) is 5.47. The number of hydrogen-bond donors (Lipinski definition) is 0. The molecule has 110 valence electrons. The average Bonchev–Trinajstić information content (AvgIpc) is 3.01. The van der Waals surface area contributed by atoms with Gasteiger partial charge in [0.1, 0.15) is 10.9 Å². The molecule has 1 aromatic heterocycles. The first-order valence-corrected chi connectivity index (χ1v) is 8.15. The topological polar surface area (TPSA) is 39.2 Å². The van der Waals surface area contributed by atoms with Gasteiger partial charge in [-0.25, -0.2) is 4.98 Å². The Morgan fingerprint density at radius 3 is 2.90 bits per heavy atom. The summed E-state index contributed by atoms with van der Waals surface area (Å²) < 4.78 is 5.16. The fourth-order valence-electron chi connectivity index (χ4n) is 2.70. The molecule has 0 bridgehead atoms. The van der Waals surface area contributed by atoms with Crippen molar-refractivity contribution in [3.05, 3.63) is 39.9 Å². The van der Waals surface area contributed by atoms with E-state index in [0.29, 0.717) is 6.61 Å². The molecule has 1 aliphatic rings. The van der Waals surface area contributed by atoms with Crippen LogP contribution >= 0.6 is 11.3 Å².